The number of rotatable bonds is 6. The molecule has 0 fully saturated rings. The average Bonchev–Trinajstić information content (AvgIpc) is 2.74. The summed E-state index contributed by atoms with van der Waals surface area (Å²) in [6, 6.07) is 2.86. The topological polar surface area (TPSA) is 42.4 Å². The monoisotopic (exact) mass is 210 g/mol. The second kappa shape index (κ2) is 5.93. The van der Waals surface area contributed by atoms with E-state index >= 15 is 0 Å². The number of nitrogens with two attached hydrogens (primary N) is 1. The van der Waals surface area contributed by atoms with Crippen molar-refractivity contribution in [2.75, 3.05) is 13.6 Å². The van der Waals surface area contributed by atoms with Gasteiger partial charge in [-0.25, -0.2) is 0 Å². The van der Waals surface area contributed by atoms with Gasteiger partial charge in [-0.2, -0.15) is 0 Å². The molecule has 0 aliphatic carbocycles. The van der Waals surface area contributed by atoms with E-state index in [2.05, 4.69) is 25.8 Å². The maximum atomic E-state index is 5.83. The Morgan fingerprint density at radius 2 is 2.07 bits per heavy atom. The van der Waals surface area contributed by atoms with Gasteiger partial charge in [-0.3, -0.25) is 4.90 Å². The predicted octanol–water partition coefficient (Wildman–Crippen LogP) is 2.40. The Hall–Kier alpha value is -0.800. The number of hydrogen-bond donors (Lipinski definition) is 1. The van der Waals surface area contributed by atoms with Gasteiger partial charge in [0, 0.05) is 18.2 Å². The van der Waals surface area contributed by atoms with Crippen molar-refractivity contribution in [1.82, 2.24) is 4.90 Å². The summed E-state index contributed by atoms with van der Waals surface area (Å²) >= 11 is 0. The molecule has 0 saturated carbocycles. The molecule has 1 aromatic heterocycles. The van der Waals surface area contributed by atoms with Crippen molar-refractivity contribution in [3.8, 4) is 0 Å². The molecule has 1 atom stereocenters. The van der Waals surface area contributed by atoms with Crippen LogP contribution in [0, 0.1) is 0 Å². The van der Waals surface area contributed by atoms with Crippen molar-refractivity contribution >= 4 is 0 Å². The first kappa shape index (κ1) is 12.3. The highest BCUT2D eigenvalue weighted by molar-refractivity contribution is 5.12. The van der Waals surface area contributed by atoms with Crippen LogP contribution < -0.4 is 5.73 Å². The standard InChI is InChI=1S/C12H22N2O/c1-4-11(5-2)14(3)12(8-13)10-6-7-15-9-10/h6-7,9,11-12H,4-5,8,13H2,1-3H3. The van der Waals surface area contributed by atoms with Crippen molar-refractivity contribution in [3.63, 3.8) is 0 Å². The molecule has 3 heteroatoms. The highest BCUT2D eigenvalue weighted by Crippen LogP contribution is 2.22. The molecule has 0 spiro atoms. The minimum absolute atomic E-state index is 0.272. The summed E-state index contributed by atoms with van der Waals surface area (Å²) in [6.45, 7) is 5.06. The molecule has 1 rings (SSSR count). The van der Waals surface area contributed by atoms with E-state index < -0.39 is 0 Å². The fourth-order valence-electron chi connectivity index (χ4n) is 2.12. The summed E-state index contributed by atoms with van der Waals surface area (Å²) < 4.78 is 5.11. The Balaban J connectivity index is 2.74. The smallest absolute Gasteiger partial charge is 0.0950 e. The van der Waals surface area contributed by atoms with E-state index in [1.807, 2.05) is 6.07 Å². The van der Waals surface area contributed by atoms with Crippen molar-refractivity contribution in [2.45, 2.75) is 38.8 Å². The summed E-state index contributed by atoms with van der Waals surface area (Å²) in [5, 5.41) is 0. The second-order valence-corrected chi connectivity index (χ2v) is 3.94. The first-order valence-corrected chi connectivity index (χ1v) is 5.68. The summed E-state index contributed by atoms with van der Waals surface area (Å²) in [4.78, 5) is 2.35. The summed E-state index contributed by atoms with van der Waals surface area (Å²) in [5.41, 5.74) is 7.00. The Morgan fingerprint density at radius 3 is 2.47 bits per heavy atom. The Bertz CT molecular complexity index is 255. The van der Waals surface area contributed by atoms with Gasteiger partial charge in [-0.05, 0) is 26.0 Å². The Morgan fingerprint density at radius 1 is 1.40 bits per heavy atom. The van der Waals surface area contributed by atoms with E-state index in [4.69, 9.17) is 10.2 Å². The van der Waals surface area contributed by atoms with Crippen molar-refractivity contribution in [3.05, 3.63) is 24.2 Å². The largest absolute Gasteiger partial charge is 0.472 e. The van der Waals surface area contributed by atoms with Crippen molar-refractivity contribution in [1.29, 1.82) is 0 Å². The lowest BCUT2D eigenvalue weighted by Gasteiger charge is -2.33. The number of likely N-dealkylation sites (N-methyl/N-ethyl adjacent to an activating group) is 1. The third kappa shape index (κ3) is 2.83. The fraction of sp³-hybridized carbons (Fsp3) is 0.667. The minimum atomic E-state index is 0.272. The van der Waals surface area contributed by atoms with E-state index in [1.54, 1.807) is 12.5 Å². The van der Waals surface area contributed by atoms with E-state index in [1.165, 1.54) is 5.56 Å². The number of hydrogen-bond acceptors (Lipinski definition) is 3. The van der Waals surface area contributed by atoms with Crippen LogP contribution in [0.3, 0.4) is 0 Å². The highest BCUT2D eigenvalue weighted by Gasteiger charge is 2.21. The van der Waals surface area contributed by atoms with Gasteiger partial charge in [0.25, 0.3) is 0 Å². The summed E-state index contributed by atoms with van der Waals surface area (Å²) in [6.07, 6.45) is 5.80. The SMILES string of the molecule is CCC(CC)N(C)C(CN)c1ccoc1. The maximum Gasteiger partial charge on any atom is 0.0950 e. The maximum absolute atomic E-state index is 5.83. The van der Waals surface area contributed by atoms with Crippen LogP contribution in [0.4, 0.5) is 0 Å². The molecule has 1 heterocycles. The number of nitrogens with zero attached hydrogens (tertiary/aromatic N) is 1. The van der Waals surface area contributed by atoms with E-state index in [-0.39, 0.29) is 6.04 Å². The molecule has 1 aromatic rings. The van der Waals surface area contributed by atoms with Crippen LogP contribution in [-0.2, 0) is 0 Å². The molecular weight excluding hydrogens is 188 g/mol. The zero-order valence-electron chi connectivity index (χ0n) is 9.94. The van der Waals surface area contributed by atoms with Crippen LogP contribution in [0.1, 0.15) is 38.3 Å². The van der Waals surface area contributed by atoms with Crippen LogP contribution in [0.25, 0.3) is 0 Å². The molecule has 0 aliphatic heterocycles. The third-order valence-corrected chi connectivity index (χ3v) is 3.16. The van der Waals surface area contributed by atoms with Gasteiger partial charge in [-0.15, -0.1) is 0 Å². The molecule has 15 heavy (non-hydrogen) atoms. The second-order valence-electron chi connectivity index (χ2n) is 3.94. The zero-order chi connectivity index (χ0) is 11.3. The lowest BCUT2D eigenvalue weighted by molar-refractivity contribution is 0.167. The molecular formula is C12H22N2O. The summed E-state index contributed by atoms with van der Waals surface area (Å²) in [5.74, 6) is 0. The van der Waals surface area contributed by atoms with Gasteiger partial charge in [0.15, 0.2) is 0 Å². The lowest BCUT2D eigenvalue weighted by atomic mass is 10.0. The third-order valence-electron chi connectivity index (χ3n) is 3.16. The highest BCUT2D eigenvalue weighted by atomic mass is 16.3. The number of furan rings is 1. The van der Waals surface area contributed by atoms with Crippen LogP contribution in [0.15, 0.2) is 23.0 Å². The molecule has 0 bridgehead atoms. The fourth-order valence-corrected chi connectivity index (χ4v) is 2.12. The zero-order valence-corrected chi connectivity index (χ0v) is 9.94. The first-order valence-electron chi connectivity index (χ1n) is 5.68. The van der Waals surface area contributed by atoms with Crippen molar-refractivity contribution < 1.29 is 4.42 Å². The molecule has 2 N–H and O–H groups in total. The van der Waals surface area contributed by atoms with Gasteiger partial charge < -0.3 is 10.2 Å². The quantitative estimate of drug-likeness (QED) is 0.784. The first-order chi connectivity index (χ1) is 7.24. The van der Waals surface area contributed by atoms with Gasteiger partial charge in [0.1, 0.15) is 0 Å². The van der Waals surface area contributed by atoms with E-state index in [9.17, 15) is 0 Å². The molecule has 0 aliphatic rings. The van der Waals surface area contributed by atoms with Gasteiger partial charge in [0.05, 0.1) is 18.6 Å². The van der Waals surface area contributed by atoms with Crippen molar-refractivity contribution in [2.24, 2.45) is 5.73 Å². The van der Waals surface area contributed by atoms with Crippen LogP contribution >= 0.6 is 0 Å². The average molecular weight is 210 g/mol. The molecule has 86 valence electrons. The minimum Gasteiger partial charge on any atom is -0.472 e. The molecule has 0 radical (unpaired) electrons. The molecule has 3 nitrogen and oxygen atoms in total. The van der Waals surface area contributed by atoms with Crippen LogP contribution in [0.5, 0.6) is 0 Å². The van der Waals surface area contributed by atoms with Gasteiger partial charge in [0.2, 0.25) is 0 Å². The van der Waals surface area contributed by atoms with Crippen LogP contribution in [0.2, 0.25) is 0 Å². The Kier molecular flexibility index (Phi) is 4.85. The normalized spacial score (nSPS) is 13.7. The predicted molar refractivity (Wildman–Crippen MR) is 62.6 cm³/mol. The Labute approximate surface area is 92.2 Å². The van der Waals surface area contributed by atoms with E-state index in [0.717, 1.165) is 12.8 Å². The summed E-state index contributed by atoms with van der Waals surface area (Å²) in [7, 11) is 2.14. The lowest BCUT2D eigenvalue weighted by Crippen LogP contribution is -2.37. The molecule has 0 aromatic carbocycles. The van der Waals surface area contributed by atoms with E-state index in [0.29, 0.717) is 12.6 Å². The van der Waals surface area contributed by atoms with Gasteiger partial charge >= 0.3 is 0 Å². The molecule has 1 unspecified atom stereocenters. The molecule has 0 amide bonds. The van der Waals surface area contributed by atoms with Crippen LogP contribution in [-0.4, -0.2) is 24.5 Å². The van der Waals surface area contributed by atoms with Gasteiger partial charge in [-0.1, -0.05) is 13.8 Å². The molecule has 0 saturated heterocycles.